The van der Waals surface area contributed by atoms with E-state index in [1.54, 1.807) is 6.92 Å². The SMILES string of the molecule is CC(=NNC(=O)[C@H](C)Nc1ccc(Br)cc1)c1ccc2ccccc2c1. The maximum atomic E-state index is 12.3. The summed E-state index contributed by atoms with van der Waals surface area (Å²) in [6.45, 7) is 3.69. The Labute approximate surface area is 161 Å². The maximum Gasteiger partial charge on any atom is 0.262 e. The van der Waals surface area contributed by atoms with Gasteiger partial charge in [0.25, 0.3) is 5.91 Å². The number of anilines is 1. The highest BCUT2D eigenvalue weighted by molar-refractivity contribution is 9.10. The van der Waals surface area contributed by atoms with Crippen LogP contribution in [0, 0.1) is 0 Å². The number of nitrogens with zero attached hydrogens (tertiary/aromatic N) is 1. The van der Waals surface area contributed by atoms with E-state index in [0.717, 1.165) is 26.8 Å². The molecule has 3 aromatic carbocycles. The summed E-state index contributed by atoms with van der Waals surface area (Å²) in [5, 5.41) is 9.73. The largest absolute Gasteiger partial charge is 0.374 e. The molecule has 0 heterocycles. The number of benzene rings is 3. The van der Waals surface area contributed by atoms with E-state index in [9.17, 15) is 4.79 Å². The number of fused-ring (bicyclic) bond motifs is 1. The molecule has 0 bridgehead atoms. The summed E-state index contributed by atoms with van der Waals surface area (Å²) in [5.41, 5.74) is 5.27. The van der Waals surface area contributed by atoms with Crippen LogP contribution >= 0.6 is 15.9 Å². The minimum atomic E-state index is -0.399. The highest BCUT2D eigenvalue weighted by Crippen LogP contribution is 2.16. The van der Waals surface area contributed by atoms with Crippen molar-refractivity contribution in [1.82, 2.24) is 5.43 Å². The van der Waals surface area contributed by atoms with Crippen LogP contribution in [0.2, 0.25) is 0 Å². The van der Waals surface area contributed by atoms with Crippen LogP contribution in [0.15, 0.2) is 76.3 Å². The summed E-state index contributed by atoms with van der Waals surface area (Å²) in [7, 11) is 0. The van der Waals surface area contributed by atoms with E-state index in [4.69, 9.17) is 0 Å². The average molecular weight is 410 g/mol. The fourth-order valence-corrected chi connectivity index (χ4v) is 2.84. The first-order valence-corrected chi connectivity index (χ1v) is 9.17. The number of amides is 1. The predicted molar refractivity (Wildman–Crippen MR) is 112 cm³/mol. The van der Waals surface area contributed by atoms with Gasteiger partial charge in [0.1, 0.15) is 6.04 Å². The van der Waals surface area contributed by atoms with Crippen LogP contribution in [0.1, 0.15) is 19.4 Å². The van der Waals surface area contributed by atoms with Gasteiger partial charge in [0.2, 0.25) is 0 Å². The van der Waals surface area contributed by atoms with Crippen LogP contribution in [0.25, 0.3) is 10.8 Å². The van der Waals surface area contributed by atoms with Crippen molar-refractivity contribution in [2.45, 2.75) is 19.9 Å². The number of hydrogen-bond donors (Lipinski definition) is 2. The zero-order valence-corrected chi connectivity index (χ0v) is 16.2. The summed E-state index contributed by atoms with van der Waals surface area (Å²) < 4.78 is 0.996. The van der Waals surface area contributed by atoms with Crippen molar-refractivity contribution < 1.29 is 4.79 Å². The number of carbonyl (C=O) groups is 1. The minimum Gasteiger partial charge on any atom is -0.374 e. The van der Waals surface area contributed by atoms with Gasteiger partial charge in [-0.3, -0.25) is 4.79 Å². The van der Waals surface area contributed by atoms with Crippen molar-refractivity contribution in [3.05, 3.63) is 76.8 Å². The third kappa shape index (κ3) is 4.49. The molecule has 3 rings (SSSR count). The van der Waals surface area contributed by atoms with Gasteiger partial charge in [-0.1, -0.05) is 52.3 Å². The zero-order chi connectivity index (χ0) is 18.5. The van der Waals surface area contributed by atoms with Gasteiger partial charge in [-0.15, -0.1) is 0 Å². The highest BCUT2D eigenvalue weighted by Gasteiger charge is 2.12. The Kier molecular flexibility index (Phi) is 5.68. The molecule has 1 amide bonds. The molecule has 5 heteroatoms. The Hall–Kier alpha value is -2.66. The lowest BCUT2D eigenvalue weighted by atomic mass is 10.0. The Morgan fingerprint density at radius 1 is 1.00 bits per heavy atom. The van der Waals surface area contributed by atoms with Crippen LogP contribution in [0.5, 0.6) is 0 Å². The Morgan fingerprint density at radius 2 is 1.69 bits per heavy atom. The highest BCUT2D eigenvalue weighted by atomic mass is 79.9. The standard InChI is InChI=1S/C21H20BrN3O/c1-14(17-8-7-16-5-3-4-6-18(16)13-17)24-25-21(26)15(2)23-20-11-9-19(22)10-12-20/h3-13,15,23H,1-2H3,(H,25,26)/t15-/m0/s1. The normalized spacial score (nSPS) is 12.7. The van der Waals surface area contributed by atoms with Crippen LogP contribution < -0.4 is 10.7 Å². The predicted octanol–water partition coefficient (Wildman–Crippen LogP) is 4.94. The molecule has 0 saturated heterocycles. The molecule has 0 fully saturated rings. The zero-order valence-electron chi connectivity index (χ0n) is 14.7. The summed E-state index contributed by atoms with van der Waals surface area (Å²) in [4.78, 5) is 12.3. The molecule has 0 aliphatic heterocycles. The van der Waals surface area contributed by atoms with Gasteiger partial charge in [0.05, 0.1) is 5.71 Å². The molecule has 26 heavy (non-hydrogen) atoms. The third-order valence-electron chi connectivity index (χ3n) is 4.12. The van der Waals surface area contributed by atoms with Crippen molar-refractivity contribution in [3.63, 3.8) is 0 Å². The Balaban J connectivity index is 1.65. The number of hydrogen-bond acceptors (Lipinski definition) is 3. The maximum absolute atomic E-state index is 12.3. The molecule has 0 aromatic heterocycles. The van der Waals surface area contributed by atoms with Crippen molar-refractivity contribution >= 4 is 44.0 Å². The first kappa shape index (κ1) is 18.1. The lowest BCUT2D eigenvalue weighted by Gasteiger charge is -2.14. The number of hydrazone groups is 1. The van der Waals surface area contributed by atoms with Crippen molar-refractivity contribution in [3.8, 4) is 0 Å². The van der Waals surface area contributed by atoms with E-state index in [1.807, 2.05) is 49.4 Å². The topological polar surface area (TPSA) is 53.5 Å². The fourth-order valence-electron chi connectivity index (χ4n) is 2.58. The van der Waals surface area contributed by atoms with Crippen LogP contribution in [-0.4, -0.2) is 17.7 Å². The van der Waals surface area contributed by atoms with Gasteiger partial charge in [-0.2, -0.15) is 5.10 Å². The molecule has 0 radical (unpaired) electrons. The lowest BCUT2D eigenvalue weighted by Crippen LogP contribution is -2.35. The molecule has 0 spiro atoms. The van der Waals surface area contributed by atoms with Gasteiger partial charge in [-0.05, 0) is 60.5 Å². The number of rotatable bonds is 5. The third-order valence-corrected chi connectivity index (χ3v) is 4.65. The van der Waals surface area contributed by atoms with E-state index in [2.05, 4.69) is 56.0 Å². The molecule has 3 aromatic rings. The van der Waals surface area contributed by atoms with Gasteiger partial charge in [0.15, 0.2) is 0 Å². The van der Waals surface area contributed by atoms with Crippen molar-refractivity contribution in [2.75, 3.05) is 5.32 Å². The fraction of sp³-hybridized carbons (Fsp3) is 0.143. The van der Waals surface area contributed by atoms with Gasteiger partial charge >= 0.3 is 0 Å². The smallest absolute Gasteiger partial charge is 0.262 e. The summed E-state index contributed by atoms with van der Waals surface area (Å²) in [5.74, 6) is -0.187. The second-order valence-corrected chi connectivity index (χ2v) is 7.02. The van der Waals surface area contributed by atoms with Gasteiger partial charge < -0.3 is 5.32 Å². The molecule has 2 N–H and O–H groups in total. The first-order valence-electron chi connectivity index (χ1n) is 8.38. The average Bonchev–Trinajstić information content (AvgIpc) is 2.67. The van der Waals surface area contributed by atoms with Gasteiger partial charge in [0, 0.05) is 10.2 Å². The molecule has 1 atom stereocenters. The number of carbonyl (C=O) groups excluding carboxylic acids is 1. The molecular formula is C21H20BrN3O. The minimum absolute atomic E-state index is 0.187. The molecule has 0 aliphatic carbocycles. The van der Waals surface area contributed by atoms with Crippen molar-refractivity contribution in [2.24, 2.45) is 5.10 Å². The van der Waals surface area contributed by atoms with E-state index in [1.165, 1.54) is 5.39 Å². The van der Waals surface area contributed by atoms with Gasteiger partial charge in [-0.25, -0.2) is 5.43 Å². The van der Waals surface area contributed by atoms with E-state index < -0.39 is 6.04 Å². The number of halogens is 1. The molecular weight excluding hydrogens is 390 g/mol. The quantitative estimate of drug-likeness (QED) is 0.462. The lowest BCUT2D eigenvalue weighted by molar-refractivity contribution is -0.121. The Morgan fingerprint density at radius 3 is 2.42 bits per heavy atom. The van der Waals surface area contributed by atoms with E-state index >= 15 is 0 Å². The monoisotopic (exact) mass is 409 g/mol. The molecule has 132 valence electrons. The summed E-state index contributed by atoms with van der Waals surface area (Å²) in [6.07, 6.45) is 0. The first-order chi connectivity index (χ1) is 12.5. The second kappa shape index (κ2) is 8.15. The Bertz CT molecular complexity index is 951. The molecule has 0 unspecified atom stereocenters. The van der Waals surface area contributed by atoms with E-state index in [0.29, 0.717) is 0 Å². The van der Waals surface area contributed by atoms with E-state index in [-0.39, 0.29) is 5.91 Å². The van der Waals surface area contributed by atoms with Crippen LogP contribution in [0.3, 0.4) is 0 Å². The summed E-state index contributed by atoms with van der Waals surface area (Å²) >= 11 is 3.39. The van der Waals surface area contributed by atoms with Crippen molar-refractivity contribution in [1.29, 1.82) is 0 Å². The molecule has 0 aliphatic rings. The molecule has 4 nitrogen and oxygen atoms in total. The second-order valence-electron chi connectivity index (χ2n) is 6.11. The number of nitrogens with one attached hydrogen (secondary N) is 2. The van der Waals surface area contributed by atoms with Crippen LogP contribution in [-0.2, 0) is 4.79 Å². The van der Waals surface area contributed by atoms with Crippen LogP contribution in [0.4, 0.5) is 5.69 Å². The molecule has 0 saturated carbocycles. The summed E-state index contributed by atoms with van der Waals surface area (Å²) in [6, 6.07) is 21.6.